The minimum absolute atomic E-state index is 0.0153. The van der Waals surface area contributed by atoms with Gasteiger partial charge < -0.3 is 5.73 Å². The highest BCUT2D eigenvalue weighted by Crippen LogP contribution is 2.38. The van der Waals surface area contributed by atoms with Crippen LogP contribution in [0.3, 0.4) is 0 Å². The Kier molecular flexibility index (Phi) is 6.00. The van der Waals surface area contributed by atoms with Crippen LogP contribution in [0.2, 0.25) is 0 Å². The first-order chi connectivity index (χ1) is 15.4. The summed E-state index contributed by atoms with van der Waals surface area (Å²) in [6.07, 6.45) is 0.478. The van der Waals surface area contributed by atoms with Gasteiger partial charge in [-0.15, -0.1) is 0 Å². The molecule has 1 aliphatic heterocycles. The van der Waals surface area contributed by atoms with E-state index in [9.17, 15) is 18.4 Å². The van der Waals surface area contributed by atoms with Crippen LogP contribution in [-0.4, -0.2) is 26.8 Å². The number of rotatable bonds is 6. The standard InChI is InChI=1S/C23H23F2N5O2/c1-15-5-4-7-16-9-10-20(31)30(21(15)16)19-8-3-2-6-17(19)12-28-14-27-29(23(28)32)13-18(11-26)22(24)25/h2-8,14H,9-13,26H2,1H3. The van der Waals surface area contributed by atoms with Crippen molar-refractivity contribution >= 4 is 17.3 Å². The second kappa shape index (κ2) is 8.88. The normalized spacial score (nSPS) is 13.2. The molecule has 9 heteroatoms. The SMILES string of the molecule is Cc1cccc2c1N(c1ccccc1Cn1cnn(CC(CN)=C(F)F)c1=O)C(=O)CC2. The first-order valence-electron chi connectivity index (χ1n) is 10.3. The summed E-state index contributed by atoms with van der Waals surface area (Å²) in [4.78, 5) is 27.4. The summed E-state index contributed by atoms with van der Waals surface area (Å²) in [7, 11) is 0. The van der Waals surface area contributed by atoms with Crippen LogP contribution in [0.25, 0.3) is 0 Å². The maximum absolute atomic E-state index is 13.0. The molecule has 1 amide bonds. The van der Waals surface area contributed by atoms with Gasteiger partial charge >= 0.3 is 5.69 Å². The van der Waals surface area contributed by atoms with Crippen LogP contribution in [0, 0.1) is 6.92 Å². The Labute approximate surface area is 183 Å². The lowest BCUT2D eigenvalue weighted by Crippen LogP contribution is -2.33. The highest BCUT2D eigenvalue weighted by Gasteiger charge is 2.28. The molecule has 1 aromatic heterocycles. The van der Waals surface area contributed by atoms with E-state index in [0.717, 1.165) is 27.1 Å². The molecule has 2 N–H and O–H groups in total. The van der Waals surface area contributed by atoms with Gasteiger partial charge in [-0.3, -0.25) is 14.3 Å². The fourth-order valence-electron chi connectivity index (χ4n) is 3.99. The number of nitrogens with zero attached hydrogens (tertiary/aromatic N) is 4. The van der Waals surface area contributed by atoms with E-state index in [1.807, 2.05) is 49.4 Å². The topological polar surface area (TPSA) is 86.2 Å². The van der Waals surface area contributed by atoms with Crippen LogP contribution in [0.1, 0.15) is 23.1 Å². The number of halogens is 2. The Morgan fingerprint density at radius 3 is 2.62 bits per heavy atom. The van der Waals surface area contributed by atoms with Gasteiger partial charge in [0.15, 0.2) is 0 Å². The van der Waals surface area contributed by atoms with Crippen molar-refractivity contribution in [3.05, 3.63) is 87.6 Å². The number of benzene rings is 2. The summed E-state index contributed by atoms with van der Waals surface area (Å²) in [5, 5.41) is 3.95. The molecular weight excluding hydrogens is 416 g/mol. The lowest BCUT2D eigenvalue weighted by atomic mass is 9.96. The number of anilines is 2. The molecule has 2 aromatic carbocycles. The van der Waals surface area contributed by atoms with Gasteiger partial charge in [0.05, 0.1) is 24.5 Å². The molecule has 4 rings (SSSR count). The Bertz CT molecular complexity index is 1260. The molecule has 166 valence electrons. The maximum atomic E-state index is 13.0. The van der Waals surface area contributed by atoms with Crippen molar-refractivity contribution < 1.29 is 13.6 Å². The fraction of sp³-hybridized carbons (Fsp3) is 0.261. The van der Waals surface area contributed by atoms with E-state index in [1.54, 1.807) is 4.90 Å². The molecule has 0 atom stereocenters. The highest BCUT2D eigenvalue weighted by molar-refractivity contribution is 6.04. The number of aryl methyl sites for hydroxylation is 2. The molecule has 7 nitrogen and oxygen atoms in total. The van der Waals surface area contributed by atoms with E-state index in [4.69, 9.17) is 5.73 Å². The van der Waals surface area contributed by atoms with Crippen LogP contribution in [0.15, 0.2) is 65.2 Å². The number of nitrogens with two attached hydrogens (primary N) is 1. The van der Waals surface area contributed by atoms with Gasteiger partial charge in [0.1, 0.15) is 6.33 Å². The third kappa shape index (κ3) is 3.99. The molecule has 3 aromatic rings. The Morgan fingerprint density at radius 1 is 1.09 bits per heavy atom. The number of hydrogen-bond donors (Lipinski definition) is 1. The molecule has 0 saturated heterocycles. The molecule has 2 heterocycles. The van der Waals surface area contributed by atoms with Crippen LogP contribution >= 0.6 is 0 Å². The molecular formula is C23H23F2N5O2. The number of para-hydroxylation sites is 2. The summed E-state index contributed by atoms with van der Waals surface area (Å²) in [6.45, 7) is 1.37. The van der Waals surface area contributed by atoms with Crippen molar-refractivity contribution in [3.63, 3.8) is 0 Å². The molecule has 0 aliphatic carbocycles. The highest BCUT2D eigenvalue weighted by atomic mass is 19.3. The zero-order valence-electron chi connectivity index (χ0n) is 17.6. The monoisotopic (exact) mass is 439 g/mol. The predicted octanol–water partition coefficient (Wildman–Crippen LogP) is 3.12. The first kappa shape index (κ1) is 21.6. The van der Waals surface area contributed by atoms with E-state index in [1.165, 1.54) is 10.9 Å². The van der Waals surface area contributed by atoms with Crippen molar-refractivity contribution in [1.82, 2.24) is 14.3 Å². The second-order valence-electron chi connectivity index (χ2n) is 7.71. The minimum atomic E-state index is -1.91. The minimum Gasteiger partial charge on any atom is -0.327 e. The Morgan fingerprint density at radius 2 is 1.88 bits per heavy atom. The van der Waals surface area contributed by atoms with Crippen molar-refractivity contribution in [1.29, 1.82) is 0 Å². The summed E-state index contributed by atoms with van der Waals surface area (Å²) in [6, 6.07) is 13.3. The summed E-state index contributed by atoms with van der Waals surface area (Å²) >= 11 is 0. The van der Waals surface area contributed by atoms with Gasteiger partial charge in [0.25, 0.3) is 6.08 Å². The molecule has 0 unspecified atom stereocenters. The Hall–Kier alpha value is -3.59. The Balaban J connectivity index is 1.71. The van der Waals surface area contributed by atoms with Crippen molar-refractivity contribution in [2.24, 2.45) is 5.73 Å². The van der Waals surface area contributed by atoms with Crippen LogP contribution in [-0.2, 0) is 24.3 Å². The largest absolute Gasteiger partial charge is 0.346 e. The molecule has 32 heavy (non-hydrogen) atoms. The molecule has 0 radical (unpaired) electrons. The first-order valence-corrected chi connectivity index (χ1v) is 10.3. The van der Waals surface area contributed by atoms with Crippen molar-refractivity contribution in [2.45, 2.75) is 32.9 Å². The van der Waals surface area contributed by atoms with Gasteiger partial charge in [-0.25, -0.2) is 9.48 Å². The number of hydrogen-bond acceptors (Lipinski definition) is 4. The number of carbonyl (C=O) groups excluding carboxylic acids is 1. The van der Waals surface area contributed by atoms with Crippen molar-refractivity contribution in [3.8, 4) is 0 Å². The van der Waals surface area contributed by atoms with E-state index in [-0.39, 0.29) is 31.1 Å². The number of amides is 1. The van der Waals surface area contributed by atoms with Crippen LogP contribution < -0.4 is 16.3 Å². The number of aromatic nitrogens is 3. The van der Waals surface area contributed by atoms with Crippen LogP contribution in [0.4, 0.5) is 20.2 Å². The van der Waals surface area contributed by atoms with Gasteiger partial charge in [-0.2, -0.15) is 13.9 Å². The van der Waals surface area contributed by atoms with Crippen molar-refractivity contribution in [2.75, 3.05) is 11.4 Å². The van der Waals surface area contributed by atoms with E-state index in [2.05, 4.69) is 5.10 Å². The molecule has 0 fully saturated rings. The van der Waals surface area contributed by atoms with Gasteiger partial charge in [-0.05, 0) is 36.1 Å². The average Bonchev–Trinajstić information content (AvgIpc) is 3.12. The third-order valence-corrected chi connectivity index (χ3v) is 5.63. The lowest BCUT2D eigenvalue weighted by Gasteiger charge is -2.32. The van der Waals surface area contributed by atoms with Gasteiger partial charge in [0.2, 0.25) is 5.91 Å². The quantitative estimate of drug-likeness (QED) is 0.640. The zero-order valence-corrected chi connectivity index (χ0v) is 17.6. The molecule has 1 aliphatic rings. The number of carbonyl (C=O) groups is 1. The summed E-state index contributed by atoms with van der Waals surface area (Å²) in [5.41, 5.74) is 8.85. The maximum Gasteiger partial charge on any atom is 0.346 e. The molecule has 0 spiro atoms. The number of fused-ring (bicyclic) bond motifs is 1. The summed E-state index contributed by atoms with van der Waals surface area (Å²) in [5.74, 6) is -0.0153. The zero-order chi connectivity index (χ0) is 22.8. The van der Waals surface area contributed by atoms with Crippen LogP contribution in [0.5, 0.6) is 0 Å². The molecule has 0 bridgehead atoms. The second-order valence-corrected chi connectivity index (χ2v) is 7.71. The van der Waals surface area contributed by atoms with E-state index < -0.39 is 11.8 Å². The van der Waals surface area contributed by atoms with E-state index >= 15 is 0 Å². The third-order valence-electron chi connectivity index (χ3n) is 5.63. The smallest absolute Gasteiger partial charge is 0.327 e. The summed E-state index contributed by atoms with van der Waals surface area (Å²) < 4.78 is 28.1. The van der Waals surface area contributed by atoms with Gasteiger partial charge in [-0.1, -0.05) is 36.4 Å². The average molecular weight is 439 g/mol. The van der Waals surface area contributed by atoms with Gasteiger partial charge in [0, 0.05) is 18.5 Å². The van der Waals surface area contributed by atoms with E-state index in [0.29, 0.717) is 18.5 Å². The predicted molar refractivity (Wildman–Crippen MR) is 117 cm³/mol. The fourth-order valence-corrected chi connectivity index (χ4v) is 3.99. The lowest BCUT2D eigenvalue weighted by molar-refractivity contribution is -0.118. The molecule has 0 saturated carbocycles.